The highest BCUT2D eigenvalue weighted by Crippen LogP contribution is 2.20. The number of carbonyl (C=O) groups excluding carboxylic acids is 1. The quantitative estimate of drug-likeness (QED) is 0.197. The van der Waals surface area contributed by atoms with E-state index in [2.05, 4.69) is 58.0 Å². The van der Waals surface area contributed by atoms with Crippen molar-refractivity contribution in [3.05, 3.63) is 47.5 Å². The molecule has 0 fully saturated rings. The fourth-order valence-corrected chi connectivity index (χ4v) is 3.38. The van der Waals surface area contributed by atoms with Crippen molar-refractivity contribution in [3.8, 4) is 0 Å². The zero-order valence-corrected chi connectivity index (χ0v) is 18.0. The molecule has 1 rings (SSSR count). The Labute approximate surface area is 167 Å². The van der Waals surface area contributed by atoms with Crippen molar-refractivity contribution in [3.63, 3.8) is 0 Å². The van der Waals surface area contributed by atoms with E-state index in [0.717, 1.165) is 32.1 Å². The third-order valence-corrected chi connectivity index (χ3v) is 5.12. The summed E-state index contributed by atoms with van der Waals surface area (Å²) in [6.45, 7) is 9.30. The molecule has 2 heteroatoms. The van der Waals surface area contributed by atoms with Crippen molar-refractivity contribution in [2.45, 2.75) is 85.5 Å². The molecular weight excluding hydrogens is 332 g/mol. The van der Waals surface area contributed by atoms with Crippen molar-refractivity contribution in [2.75, 3.05) is 6.61 Å². The summed E-state index contributed by atoms with van der Waals surface area (Å²) in [5.74, 6) is 0.962. The van der Waals surface area contributed by atoms with E-state index in [1.165, 1.54) is 30.4 Å². The maximum absolute atomic E-state index is 12.3. The third-order valence-electron chi connectivity index (χ3n) is 5.12. The van der Waals surface area contributed by atoms with Crippen LogP contribution in [0.15, 0.2) is 42.0 Å². The summed E-state index contributed by atoms with van der Waals surface area (Å²) >= 11 is 0. The first-order valence-electron chi connectivity index (χ1n) is 10.8. The number of ether oxygens (including phenoxy) is 1. The average molecular weight is 373 g/mol. The summed E-state index contributed by atoms with van der Waals surface area (Å²) in [4.78, 5) is 12.3. The number of hydrogen-bond donors (Lipinski definition) is 0. The largest absolute Gasteiger partial charge is 0.466 e. The molecule has 2 nitrogen and oxygen atoms in total. The molecular formula is C25H40O2. The normalized spacial score (nSPS) is 13.0. The fraction of sp³-hybridized carbons (Fsp3) is 0.640. The summed E-state index contributed by atoms with van der Waals surface area (Å²) in [7, 11) is 0. The maximum Gasteiger partial charge on any atom is 0.306 e. The number of rotatable bonds is 14. The van der Waals surface area contributed by atoms with Gasteiger partial charge in [-0.2, -0.15) is 0 Å². The maximum atomic E-state index is 12.3. The van der Waals surface area contributed by atoms with E-state index in [-0.39, 0.29) is 5.97 Å². The summed E-state index contributed by atoms with van der Waals surface area (Å²) in [6, 6.07) is 10.5. The molecule has 0 aliphatic carbocycles. The summed E-state index contributed by atoms with van der Waals surface area (Å²) in [5, 5.41) is 0. The Hall–Kier alpha value is -1.57. The second-order valence-corrected chi connectivity index (χ2v) is 8.23. The van der Waals surface area contributed by atoms with Gasteiger partial charge >= 0.3 is 5.97 Å². The Morgan fingerprint density at radius 2 is 1.81 bits per heavy atom. The average Bonchev–Trinajstić information content (AvgIpc) is 2.62. The highest BCUT2D eigenvalue weighted by molar-refractivity contribution is 5.69. The standard InChI is InChI=1S/C25H40O2/c1-5-6-8-16-24(19-23-14-9-7-10-15-23)20-25(26)27-18-17-22(4)13-11-12-21(2)3/h7,9-10,12,14-15,22,24H,5-6,8,11,13,16-20H2,1-4H3. The van der Waals surface area contributed by atoms with E-state index in [1.807, 2.05) is 6.07 Å². The van der Waals surface area contributed by atoms with Crippen LogP contribution in [0.5, 0.6) is 0 Å². The van der Waals surface area contributed by atoms with Gasteiger partial charge in [-0.3, -0.25) is 4.79 Å². The van der Waals surface area contributed by atoms with Crippen molar-refractivity contribution < 1.29 is 9.53 Å². The van der Waals surface area contributed by atoms with Gasteiger partial charge in [-0.1, -0.05) is 75.1 Å². The molecule has 0 amide bonds. The second kappa shape index (κ2) is 14.5. The van der Waals surface area contributed by atoms with E-state index in [0.29, 0.717) is 24.9 Å². The van der Waals surface area contributed by atoms with Crippen molar-refractivity contribution >= 4 is 5.97 Å². The van der Waals surface area contributed by atoms with Crippen LogP contribution in [0.25, 0.3) is 0 Å². The molecule has 152 valence electrons. The molecule has 0 N–H and O–H groups in total. The Morgan fingerprint density at radius 3 is 2.48 bits per heavy atom. The molecule has 0 saturated heterocycles. The molecule has 0 saturated carbocycles. The minimum atomic E-state index is -0.0241. The van der Waals surface area contributed by atoms with Crippen molar-refractivity contribution in [2.24, 2.45) is 11.8 Å². The fourth-order valence-electron chi connectivity index (χ4n) is 3.38. The van der Waals surface area contributed by atoms with Gasteiger partial charge in [0.15, 0.2) is 0 Å². The van der Waals surface area contributed by atoms with E-state index in [4.69, 9.17) is 4.74 Å². The van der Waals surface area contributed by atoms with Gasteiger partial charge < -0.3 is 4.74 Å². The predicted octanol–water partition coefficient (Wildman–Crippen LogP) is 7.13. The van der Waals surface area contributed by atoms with Crippen LogP contribution in [-0.4, -0.2) is 12.6 Å². The van der Waals surface area contributed by atoms with Crippen LogP contribution in [0.1, 0.15) is 84.6 Å². The van der Waals surface area contributed by atoms with Gasteiger partial charge in [-0.25, -0.2) is 0 Å². The molecule has 0 aromatic heterocycles. The molecule has 0 radical (unpaired) electrons. The zero-order valence-electron chi connectivity index (χ0n) is 18.0. The summed E-state index contributed by atoms with van der Waals surface area (Å²) in [5.41, 5.74) is 2.70. The van der Waals surface area contributed by atoms with Crippen molar-refractivity contribution in [1.82, 2.24) is 0 Å². The van der Waals surface area contributed by atoms with E-state index < -0.39 is 0 Å². The molecule has 27 heavy (non-hydrogen) atoms. The lowest BCUT2D eigenvalue weighted by Gasteiger charge is -2.17. The second-order valence-electron chi connectivity index (χ2n) is 8.23. The molecule has 0 aliphatic heterocycles. The Balaban J connectivity index is 2.35. The summed E-state index contributed by atoms with van der Waals surface area (Å²) in [6.07, 6.45) is 11.8. The molecule has 1 aromatic carbocycles. The lowest BCUT2D eigenvalue weighted by Crippen LogP contribution is -2.15. The van der Waals surface area contributed by atoms with Crippen LogP contribution < -0.4 is 0 Å². The van der Waals surface area contributed by atoms with Gasteiger partial charge in [0, 0.05) is 6.42 Å². The highest BCUT2D eigenvalue weighted by atomic mass is 16.5. The SMILES string of the molecule is CCCCCC(CC(=O)OCCC(C)CCC=C(C)C)Cc1ccccc1. The van der Waals surface area contributed by atoms with Crippen LogP contribution >= 0.6 is 0 Å². The lowest BCUT2D eigenvalue weighted by atomic mass is 9.91. The first kappa shape index (κ1) is 23.5. The predicted molar refractivity (Wildman–Crippen MR) is 116 cm³/mol. The molecule has 0 bridgehead atoms. The zero-order chi connectivity index (χ0) is 19.9. The number of hydrogen-bond acceptors (Lipinski definition) is 2. The van der Waals surface area contributed by atoms with Crippen LogP contribution in [0.3, 0.4) is 0 Å². The molecule has 2 atom stereocenters. The smallest absolute Gasteiger partial charge is 0.306 e. The van der Waals surface area contributed by atoms with Gasteiger partial charge in [0.1, 0.15) is 0 Å². The minimum absolute atomic E-state index is 0.0241. The number of unbranched alkanes of at least 4 members (excludes halogenated alkanes) is 2. The van der Waals surface area contributed by atoms with Gasteiger partial charge in [0.25, 0.3) is 0 Å². The molecule has 1 aromatic rings. The third kappa shape index (κ3) is 12.4. The Bertz CT molecular complexity index is 529. The van der Waals surface area contributed by atoms with Crippen molar-refractivity contribution in [1.29, 1.82) is 0 Å². The molecule has 2 unspecified atom stereocenters. The molecule has 0 aliphatic rings. The number of esters is 1. The van der Waals surface area contributed by atoms with E-state index >= 15 is 0 Å². The van der Waals surface area contributed by atoms with Gasteiger partial charge in [0.2, 0.25) is 0 Å². The molecule has 0 spiro atoms. The topological polar surface area (TPSA) is 26.3 Å². The highest BCUT2D eigenvalue weighted by Gasteiger charge is 2.16. The minimum Gasteiger partial charge on any atom is -0.466 e. The lowest BCUT2D eigenvalue weighted by molar-refractivity contribution is -0.145. The van der Waals surface area contributed by atoms with Gasteiger partial charge in [-0.05, 0) is 63.4 Å². The molecule has 0 heterocycles. The Kier molecular flexibility index (Phi) is 12.6. The van der Waals surface area contributed by atoms with Crippen LogP contribution in [0.4, 0.5) is 0 Å². The summed E-state index contributed by atoms with van der Waals surface area (Å²) < 4.78 is 5.56. The monoisotopic (exact) mass is 372 g/mol. The number of benzene rings is 1. The van der Waals surface area contributed by atoms with Crippen LogP contribution in [-0.2, 0) is 16.0 Å². The van der Waals surface area contributed by atoms with Crippen LogP contribution in [0, 0.1) is 11.8 Å². The number of allylic oxidation sites excluding steroid dienone is 2. The first-order valence-corrected chi connectivity index (χ1v) is 10.8. The van der Waals surface area contributed by atoms with Crippen LogP contribution in [0.2, 0.25) is 0 Å². The first-order chi connectivity index (χ1) is 13.0. The number of carbonyl (C=O) groups is 1. The Morgan fingerprint density at radius 1 is 1.07 bits per heavy atom. The van der Waals surface area contributed by atoms with Gasteiger partial charge in [-0.15, -0.1) is 0 Å². The van der Waals surface area contributed by atoms with E-state index in [1.54, 1.807) is 0 Å². The van der Waals surface area contributed by atoms with E-state index in [9.17, 15) is 4.79 Å². The van der Waals surface area contributed by atoms with Gasteiger partial charge in [0.05, 0.1) is 6.61 Å².